The summed E-state index contributed by atoms with van der Waals surface area (Å²) in [4.78, 5) is 16.9. The molecule has 0 radical (unpaired) electrons. The molecule has 3 aromatic carbocycles. The van der Waals surface area contributed by atoms with Crippen molar-refractivity contribution in [1.82, 2.24) is 5.01 Å². The summed E-state index contributed by atoms with van der Waals surface area (Å²) >= 11 is 17.4. The van der Waals surface area contributed by atoms with Gasteiger partial charge in [0.1, 0.15) is 36.4 Å². The van der Waals surface area contributed by atoms with Crippen LogP contribution in [0.5, 0.6) is 17.2 Å². The van der Waals surface area contributed by atoms with Gasteiger partial charge in [-0.15, -0.1) is 0 Å². The average Bonchev–Trinajstić information content (AvgIpc) is 3.33. The van der Waals surface area contributed by atoms with Gasteiger partial charge >= 0.3 is 0 Å². The highest BCUT2D eigenvalue weighted by atomic mass is 79.9. The Bertz CT molecular complexity index is 1490. The molecule has 0 saturated heterocycles. The summed E-state index contributed by atoms with van der Waals surface area (Å²) in [5, 5.41) is 15.7. The van der Waals surface area contributed by atoms with Crippen LogP contribution in [0.15, 0.2) is 86.9 Å². The number of fused-ring (bicyclic) bond motifs is 1. The zero-order valence-corrected chi connectivity index (χ0v) is 24.0. The summed E-state index contributed by atoms with van der Waals surface area (Å²) in [6, 6.07) is 20.0. The fourth-order valence-electron chi connectivity index (χ4n) is 3.55. The van der Waals surface area contributed by atoms with E-state index in [1.165, 1.54) is 22.8 Å². The lowest BCUT2D eigenvalue weighted by molar-refractivity contribution is -0.114. The fourth-order valence-corrected chi connectivity index (χ4v) is 5.23. The minimum atomic E-state index is -0.558. The second-order valence-corrected chi connectivity index (χ2v) is 10.9. The van der Waals surface area contributed by atoms with Gasteiger partial charge in [-0.1, -0.05) is 57.3 Å². The molecule has 0 unspecified atom stereocenters. The molecule has 0 saturated carbocycles. The zero-order valence-electron chi connectivity index (χ0n) is 20.1. The molecule has 1 N–H and O–H groups in total. The molecule has 0 bridgehead atoms. The lowest BCUT2D eigenvalue weighted by atomic mass is 10.1. The van der Waals surface area contributed by atoms with Gasteiger partial charge in [-0.2, -0.15) is 15.1 Å². The molecule has 0 spiro atoms. The molecular weight excluding hydrogens is 627 g/mol. The average molecular weight is 646 g/mol. The maximum Gasteiger partial charge on any atom is 0.283 e. The number of halogens is 3. The highest BCUT2D eigenvalue weighted by molar-refractivity contribution is 9.10. The summed E-state index contributed by atoms with van der Waals surface area (Å²) in [6.07, 6.45) is 1.50. The number of benzene rings is 3. The van der Waals surface area contributed by atoms with Crippen molar-refractivity contribution in [3.63, 3.8) is 0 Å². The molecule has 5 rings (SSSR count). The molecule has 2 heterocycles. The van der Waals surface area contributed by atoms with Crippen LogP contribution >= 0.6 is 50.9 Å². The Hall–Kier alpha value is -3.31. The molecule has 8 nitrogen and oxygen atoms in total. The van der Waals surface area contributed by atoms with E-state index >= 15 is 0 Å². The number of rotatable bonds is 9. The number of hydrazone groups is 1. The first kappa shape index (κ1) is 27.3. The van der Waals surface area contributed by atoms with E-state index < -0.39 is 5.91 Å². The van der Waals surface area contributed by atoms with Gasteiger partial charge in [0.15, 0.2) is 11.6 Å². The Balaban J connectivity index is 1.24. The lowest BCUT2D eigenvalue weighted by Crippen LogP contribution is -2.35. The normalized spacial score (nSPS) is 15.7. The Labute approximate surface area is 246 Å². The van der Waals surface area contributed by atoms with Crippen LogP contribution in [0, 0.1) is 5.41 Å². The molecule has 2 aliphatic heterocycles. The monoisotopic (exact) mass is 644 g/mol. The van der Waals surface area contributed by atoms with Gasteiger partial charge in [0.05, 0.1) is 15.6 Å². The topological polar surface area (TPSA) is 96.6 Å². The van der Waals surface area contributed by atoms with Gasteiger partial charge in [0, 0.05) is 4.47 Å². The maximum absolute atomic E-state index is 12.8. The number of amidine groups is 2. The van der Waals surface area contributed by atoms with Crippen molar-refractivity contribution in [3.05, 3.63) is 92.4 Å². The van der Waals surface area contributed by atoms with Gasteiger partial charge in [0.2, 0.25) is 5.17 Å². The molecule has 3 aromatic rings. The van der Waals surface area contributed by atoms with Crippen LogP contribution in [-0.4, -0.2) is 46.8 Å². The number of ether oxygens (including phenoxy) is 3. The van der Waals surface area contributed by atoms with E-state index in [4.69, 9.17) is 42.8 Å². The third kappa shape index (κ3) is 6.65. The number of amides is 1. The molecule has 39 heavy (non-hydrogen) atoms. The molecule has 0 aliphatic carbocycles. The molecular formula is C27H19BrCl2N4O4S. The summed E-state index contributed by atoms with van der Waals surface area (Å²) in [5.74, 6) is 1.04. The van der Waals surface area contributed by atoms with Gasteiger partial charge < -0.3 is 14.2 Å². The molecule has 0 fully saturated rings. The highest BCUT2D eigenvalue weighted by Gasteiger charge is 2.35. The van der Waals surface area contributed by atoms with E-state index in [1.807, 2.05) is 54.6 Å². The lowest BCUT2D eigenvalue weighted by Gasteiger charge is -2.20. The third-order valence-electron chi connectivity index (χ3n) is 5.35. The van der Waals surface area contributed by atoms with Crippen LogP contribution in [0.2, 0.25) is 10.0 Å². The number of para-hydroxylation sites is 1. The number of nitrogens with zero attached hydrogens (tertiary/aromatic N) is 3. The van der Waals surface area contributed by atoms with E-state index in [0.29, 0.717) is 39.6 Å². The molecule has 0 aromatic heterocycles. The van der Waals surface area contributed by atoms with Crippen molar-refractivity contribution >= 4 is 78.9 Å². The fraction of sp³-hybridized carbons (Fsp3) is 0.111. The van der Waals surface area contributed by atoms with Crippen molar-refractivity contribution < 1.29 is 19.0 Å². The largest absolute Gasteiger partial charge is 0.490 e. The number of hydrogen-bond donors (Lipinski definition) is 1. The summed E-state index contributed by atoms with van der Waals surface area (Å²) < 4.78 is 18.1. The smallest absolute Gasteiger partial charge is 0.283 e. The molecule has 0 atom stereocenters. The first-order valence-corrected chi connectivity index (χ1v) is 13.9. The van der Waals surface area contributed by atoms with E-state index in [0.717, 1.165) is 4.47 Å². The number of aliphatic imine (C=N–C) groups is 1. The van der Waals surface area contributed by atoms with Crippen molar-refractivity contribution in [3.8, 4) is 17.2 Å². The van der Waals surface area contributed by atoms with Crippen molar-refractivity contribution in [1.29, 1.82) is 5.41 Å². The van der Waals surface area contributed by atoms with Crippen LogP contribution in [0.25, 0.3) is 6.08 Å². The van der Waals surface area contributed by atoms with Crippen LogP contribution in [0.1, 0.15) is 5.56 Å². The third-order valence-corrected chi connectivity index (χ3v) is 7.32. The predicted molar refractivity (Wildman–Crippen MR) is 159 cm³/mol. The Morgan fingerprint density at radius 2 is 1.62 bits per heavy atom. The molecule has 1 amide bonds. The van der Waals surface area contributed by atoms with Gasteiger partial charge in [0.25, 0.3) is 5.91 Å². The van der Waals surface area contributed by atoms with Crippen molar-refractivity contribution in [2.45, 2.75) is 0 Å². The van der Waals surface area contributed by atoms with Gasteiger partial charge in [-0.3, -0.25) is 10.2 Å². The Morgan fingerprint density at radius 3 is 2.33 bits per heavy atom. The standard InChI is InChI=1S/C27H19BrCl2N4O4S/c28-17-6-8-19(9-7-17)36-10-11-37-24-21(29)13-16(14-22(24)30)12-20-25(31)34-27(32-26(20)35)39-23(33-34)15-38-18-4-2-1-3-5-18/h1-9,12-14,31H,10-11,15H2/b20-12-,31-25?. The number of thioether (sulfide) groups is 1. The van der Waals surface area contributed by atoms with Crippen LogP contribution in [-0.2, 0) is 4.79 Å². The molecule has 2 aliphatic rings. The second kappa shape index (κ2) is 12.3. The van der Waals surface area contributed by atoms with Crippen LogP contribution in [0.3, 0.4) is 0 Å². The van der Waals surface area contributed by atoms with E-state index in [2.05, 4.69) is 26.0 Å². The van der Waals surface area contributed by atoms with Crippen LogP contribution < -0.4 is 14.2 Å². The predicted octanol–water partition coefficient (Wildman–Crippen LogP) is 6.91. The summed E-state index contributed by atoms with van der Waals surface area (Å²) in [7, 11) is 0. The SMILES string of the molecule is N=C1/C(=C/c2cc(Cl)c(OCCOc3ccc(Br)cc3)c(Cl)c2)C(=O)N=C2SC(COc3ccccc3)=NN12. The van der Waals surface area contributed by atoms with Gasteiger partial charge in [-0.25, -0.2) is 0 Å². The first-order chi connectivity index (χ1) is 18.9. The summed E-state index contributed by atoms with van der Waals surface area (Å²) in [6.45, 7) is 0.696. The van der Waals surface area contributed by atoms with E-state index in [-0.39, 0.29) is 34.7 Å². The minimum absolute atomic E-state index is 0.0528. The quantitative estimate of drug-likeness (QED) is 0.201. The number of carbonyl (C=O) groups excluding carboxylic acids is 1. The van der Waals surface area contributed by atoms with Crippen molar-refractivity contribution in [2.75, 3.05) is 19.8 Å². The first-order valence-electron chi connectivity index (χ1n) is 11.5. The molecule has 198 valence electrons. The Kier molecular flexibility index (Phi) is 8.56. The number of hydrogen-bond acceptors (Lipinski definition) is 7. The van der Waals surface area contributed by atoms with Crippen LogP contribution in [0.4, 0.5) is 0 Å². The summed E-state index contributed by atoms with van der Waals surface area (Å²) in [5.41, 5.74) is 0.565. The van der Waals surface area contributed by atoms with Crippen molar-refractivity contribution in [2.24, 2.45) is 10.1 Å². The van der Waals surface area contributed by atoms with Gasteiger partial charge in [-0.05, 0) is 71.9 Å². The highest BCUT2D eigenvalue weighted by Crippen LogP contribution is 2.36. The molecule has 12 heteroatoms. The Morgan fingerprint density at radius 1 is 0.949 bits per heavy atom. The minimum Gasteiger partial charge on any atom is -0.490 e. The second-order valence-electron chi connectivity index (χ2n) is 8.08. The van der Waals surface area contributed by atoms with E-state index in [1.54, 1.807) is 12.1 Å². The zero-order chi connectivity index (χ0) is 27.4. The number of nitrogens with one attached hydrogen (secondary N) is 1. The van der Waals surface area contributed by atoms with E-state index in [9.17, 15) is 4.79 Å². The number of carbonyl (C=O) groups is 1. The maximum atomic E-state index is 12.8.